The van der Waals surface area contributed by atoms with Crippen molar-refractivity contribution in [3.05, 3.63) is 191 Å². The average molecular weight is 676 g/mol. The summed E-state index contributed by atoms with van der Waals surface area (Å²) in [6, 6.07) is 34.1. The number of benzene rings is 3. The molecule has 0 saturated carbocycles. The van der Waals surface area contributed by atoms with Gasteiger partial charge >= 0.3 is 0 Å². The van der Waals surface area contributed by atoms with Crippen molar-refractivity contribution >= 4 is 5.57 Å². The molecule has 0 N–H and O–H groups in total. The van der Waals surface area contributed by atoms with Crippen LogP contribution < -0.4 is 0 Å². The third-order valence-electron chi connectivity index (χ3n) is 12.9. The molecule has 6 atom stereocenters. The number of rotatable bonds is 4. The van der Waals surface area contributed by atoms with Gasteiger partial charge in [-0.3, -0.25) is 4.98 Å². The highest BCUT2D eigenvalue weighted by Gasteiger charge is 2.49. The van der Waals surface area contributed by atoms with Crippen LogP contribution in [0.2, 0.25) is 0 Å². The molecule has 1 aromatic heterocycles. The molecule has 5 aliphatic rings. The normalized spacial score (nSPS) is 28.2. The van der Waals surface area contributed by atoms with E-state index in [4.69, 9.17) is 4.98 Å². The van der Waals surface area contributed by atoms with Gasteiger partial charge in [0.05, 0.1) is 5.69 Å². The van der Waals surface area contributed by atoms with E-state index in [0.29, 0.717) is 17.8 Å². The molecular weight excluding hydrogens is 627 g/mol. The lowest BCUT2D eigenvalue weighted by molar-refractivity contribution is 0.300. The summed E-state index contributed by atoms with van der Waals surface area (Å²) in [4.78, 5) is 5.54. The fourth-order valence-corrected chi connectivity index (χ4v) is 10.4. The van der Waals surface area contributed by atoms with Crippen LogP contribution >= 0.6 is 0 Å². The van der Waals surface area contributed by atoms with Crippen molar-refractivity contribution in [1.29, 1.82) is 0 Å². The molecule has 3 aromatic carbocycles. The van der Waals surface area contributed by atoms with Crippen LogP contribution in [0.4, 0.5) is 0 Å². The summed E-state index contributed by atoms with van der Waals surface area (Å²) in [6.07, 6.45) is 25.6. The van der Waals surface area contributed by atoms with Crippen molar-refractivity contribution in [3.8, 4) is 22.4 Å². The maximum Gasteiger partial charge on any atom is 0.0783 e. The Morgan fingerprint density at radius 1 is 0.692 bits per heavy atom. The molecule has 0 radical (unpaired) electrons. The standard InChI is InChI=1S/C51H49N/c1-33-17-9-10-23-38(33)45-29-28-39(35-19-7-6-8-20-35)49(52-45)37-22-16-21-36(31-37)42-32-51(5)30-14-13-27-44(51)47-40-24-11-12-26-43(40)50(3,4)48-34(2)18-15-25-41(48)46(42)47/h6-17,19-31,33-34,38,42,44H,18,32H2,1-5H3. The maximum atomic E-state index is 5.54. The minimum atomic E-state index is -0.0840. The van der Waals surface area contributed by atoms with E-state index in [1.54, 1.807) is 5.57 Å². The number of hydrogen-bond donors (Lipinski definition) is 0. The van der Waals surface area contributed by atoms with Gasteiger partial charge in [-0.25, -0.2) is 0 Å². The van der Waals surface area contributed by atoms with Gasteiger partial charge in [0.1, 0.15) is 0 Å². The Bertz CT molecular complexity index is 2280. The second-order valence-electron chi connectivity index (χ2n) is 16.6. The first kappa shape index (κ1) is 32.9. The molecule has 1 heterocycles. The zero-order valence-corrected chi connectivity index (χ0v) is 31.2. The first-order valence-electron chi connectivity index (χ1n) is 19.4. The smallest absolute Gasteiger partial charge is 0.0783 e. The Morgan fingerprint density at radius 3 is 2.31 bits per heavy atom. The van der Waals surface area contributed by atoms with Gasteiger partial charge < -0.3 is 0 Å². The van der Waals surface area contributed by atoms with Crippen LogP contribution in [0.15, 0.2) is 168 Å². The first-order valence-corrected chi connectivity index (χ1v) is 19.4. The molecule has 4 aromatic rings. The zero-order chi connectivity index (χ0) is 35.6. The fourth-order valence-electron chi connectivity index (χ4n) is 10.4. The van der Waals surface area contributed by atoms with Gasteiger partial charge in [0, 0.05) is 40.0 Å². The van der Waals surface area contributed by atoms with Crippen molar-refractivity contribution in [2.45, 2.75) is 64.7 Å². The molecule has 0 fully saturated rings. The van der Waals surface area contributed by atoms with Gasteiger partial charge in [-0.1, -0.05) is 174 Å². The first-order chi connectivity index (χ1) is 25.2. The predicted molar refractivity (Wildman–Crippen MR) is 219 cm³/mol. The van der Waals surface area contributed by atoms with Gasteiger partial charge in [-0.15, -0.1) is 0 Å². The molecule has 0 saturated heterocycles. The SMILES string of the molecule is CC1CC=CC2=C1C(C)(C)c1ccccc1C1=C2C(c2cccc(-c3nc(C4C=CC=CC4C)ccc3-c3ccccc3)c2)CC2(C)C=CC=CC12. The Hall–Kier alpha value is -5.01. The number of pyridine rings is 1. The molecule has 0 spiro atoms. The highest BCUT2D eigenvalue weighted by atomic mass is 14.7. The summed E-state index contributed by atoms with van der Waals surface area (Å²) in [7, 11) is 0. The Labute approximate surface area is 310 Å². The number of allylic oxidation sites excluding steroid dienone is 14. The molecule has 52 heavy (non-hydrogen) atoms. The fraction of sp³-hybridized carbons (Fsp3) is 0.275. The Balaban J connectivity index is 1.28. The van der Waals surface area contributed by atoms with E-state index in [2.05, 4.69) is 186 Å². The molecule has 0 bridgehead atoms. The summed E-state index contributed by atoms with van der Waals surface area (Å²) >= 11 is 0. The van der Waals surface area contributed by atoms with E-state index in [1.807, 2.05) is 0 Å². The van der Waals surface area contributed by atoms with Gasteiger partial charge in [-0.2, -0.15) is 0 Å². The summed E-state index contributed by atoms with van der Waals surface area (Å²) in [5.74, 6) is 1.66. The minimum Gasteiger partial charge on any atom is -0.252 e. The lowest BCUT2D eigenvalue weighted by atomic mass is 9.57. The molecular formula is C51H49N. The third kappa shape index (κ3) is 5.23. The van der Waals surface area contributed by atoms with Crippen molar-refractivity contribution in [2.24, 2.45) is 23.2 Å². The van der Waals surface area contributed by atoms with Gasteiger partial charge in [0.25, 0.3) is 0 Å². The molecule has 6 unspecified atom stereocenters. The molecule has 258 valence electrons. The molecule has 1 heteroatoms. The lowest BCUT2D eigenvalue weighted by Gasteiger charge is -2.47. The topological polar surface area (TPSA) is 12.9 Å². The summed E-state index contributed by atoms with van der Waals surface area (Å²) in [5, 5.41) is 0. The van der Waals surface area contributed by atoms with Crippen molar-refractivity contribution in [1.82, 2.24) is 4.98 Å². The number of aromatic nitrogens is 1. The van der Waals surface area contributed by atoms with E-state index in [1.165, 1.54) is 50.1 Å². The highest BCUT2D eigenvalue weighted by molar-refractivity contribution is 5.86. The molecule has 9 rings (SSSR count). The monoisotopic (exact) mass is 675 g/mol. The summed E-state index contributed by atoms with van der Waals surface area (Å²) in [6.45, 7) is 12.2. The third-order valence-corrected chi connectivity index (χ3v) is 12.9. The van der Waals surface area contributed by atoms with Gasteiger partial charge in [0.2, 0.25) is 0 Å². The van der Waals surface area contributed by atoms with Crippen LogP contribution in [0, 0.1) is 23.2 Å². The second kappa shape index (κ2) is 12.6. The molecule has 5 aliphatic carbocycles. The molecule has 0 amide bonds. The summed E-state index contributed by atoms with van der Waals surface area (Å²) < 4.78 is 0. The Morgan fingerprint density at radius 2 is 1.46 bits per heavy atom. The second-order valence-corrected chi connectivity index (χ2v) is 16.6. The lowest BCUT2D eigenvalue weighted by Crippen LogP contribution is -2.35. The Kier molecular flexibility index (Phi) is 7.96. The average Bonchev–Trinajstić information content (AvgIpc) is 3.25. The van der Waals surface area contributed by atoms with E-state index in [9.17, 15) is 0 Å². The van der Waals surface area contributed by atoms with Crippen molar-refractivity contribution in [2.75, 3.05) is 0 Å². The highest BCUT2D eigenvalue weighted by Crippen LogP contribution is 2.62. The molecule has 1 nitrogen and oxygen atoms in total. The number of nitrogens with zero attached hydrogens (tertiary/aromatic N) is 1. The predicted octanol–water partition coefficient (Wildman–Crippen LogP) is 13.1. The van der Waals surface area contributed by atoms with E-state index in [-0.39, 0.29) is 22.7 Å². The van der Waals surface area contributed by atoms with E-state index >= 15 is 0 Å². The number of fused-ring (bicyclic) bond motifs is 5. The maximum absolute atomic E-state index is 5.54. The van der Waals surface area contributed by atoms with Crippen LogP contribution in [0.3, 0.4) is 0 Å². The van der Waals surface area contributed by atoms with Crippen LogP contribution in [0.25, 0.3) is 28.0 Å². The van der Waals surface area contributed by atoms with Gasteiger partial charge in [-0.05, 0) is 86.8 Å². The summed E-state index contributed by atoms with van der Waals surface area (Å²) in [5.41, 5.74) is 16.1. The van der Waals surface area contributed by atoms with Crippen LogP contribution in [0.5, 0.6) is 0 Å². The van der Waals surface area contributed by atoms with E-state index in [0.717, 1.165) is 24.2 Å². The molecule has 0 aliphatic heterocycles. The quantitative estimate of drug-likeness (QED) is 0.210. The largest absolute Gasteiger partial charge is 0.252 e. The van der Waals surface area contributed by atoms with E-state index < -0.39 is 0 Å². The van der Waals surface area contributed by atoms with Crippen LogP contribution in [-0.4, -0.2) is 4.98 Å². The van der Waals surface area contributed by atoms with Crippen LogP contribution in [0.1, 0.15) is 81.7 Å². The van der Waals surface area contributed by atoms with Crippen LogP contribution in [-0.2, 0) is 5.41 Å². The minimum absolute atomic E-state index is 0.00902. The van der Waals surface area contributed by atoms with Gasteiger partial charge in [0.15, 0.2) is 0 Å². The zero-order valence-electron chi connectivity index (χ0n) is 31.2. The van der Waals surface area contributed by atoms with Crippen molar-refractivity contribution < 1.29 is 0 Å². The number of hydrogen-bond acceptors (Lipinski definition) is 1. The van der Waals surface area contributed by atoms with Crippen molar-refractivity contribution in [3.63, 3.8) is 0 Å².